The van der Waals surface area contributed by atoms with Gasteiger partial charge in [0.25, 0.3) is 0 Å². The fourth-order valence-corrected chi connectivity index (χ4v) is 1.98. The molecule has 19 heavy (non-hydrogen) atoms. The van der Waals surface area contributed by atoms with E-state index in [1.165, 1.54) is 0 Å². The molecule has 2 aromatic rings. The smallest absolute Gasteiger partial charge is 0.194 e. The van der Waals surface area contributed by atoms with Gasteiger partial charge in [0.1, 0.15) is 0 Å². The second-order valence-electron chi connectivity index (χ2n) is 4.53. The minimum atomic E-state index is 0.0409. The number of benzene rings is 1. The van der Waals surface area contributed by atoms with Gasteiger partial charge in [-0.1, -0.05) is 24.3 Å². The summed E-state index contributed by atoms with van der Waals surface area (Å²) in [6.07, 6.45) is 2.49. The Morgan fingerprint density at radius 2 is 2.00 bits per heavy atom. The van der Waals surface area contributed by atoms with Gasteiger partial charge in [-0.25, -0.2) is 0 Å². The van der Waals surface area contributed by atoms with E-state index in [2.05, 4.69) is 10.3 Å². The Bertz CT molecular complexity index is 561. The van der Waals surface area contributed by atoms with E-state index in [4.69, 9.17) is 0 Å². The highest BCUT2D eigenvalue weighted by atomic mass is 16.1. The molecule has 1 heterocycles. The Hall–Kier alpha value is -2.00. The maximum atomic E-state index is 12.5. The summed E-state index contributed by atoms with van der Waals surface area (Å²) < 4.78 is 0. The van der Waals surface area contributed by atoms with Crippen molar-refractivity contribution in [2.24, 2.45) is 0 Å². The van der Waals surface area contributed by atoms with Crippen molar-refractivity contribution in [2.45, 2.75) is 13.3 Å². The Labute approximate surface area is 113 Å². The van der Waals surface area contributed by atoms with E-state index in [0.717, 1.165) is 29.8 Å². The molecule has 0 radical (unpaired) electrons. The molecule has 1 aromatic carbocycles. The molecule has 0 atom stereocenters. The van der Waals surface area contributed by atoms with Crippen LogP contribution < -0.4 is 5.32 Å². The maximum absolute atomic E-state index is 12.5. The molecule has 0 fully saturated rings. The number of carbonyl (C=O) groups is 1. The molecule has 3 nitrogen and oxygen atoms in total. The van der Waals surface area contributed by atoms with Crippen molar-refractivity contribution in [1.82, 2.24) is 10.3 Å². The number of rotatable bonds is 5. The molecule has 2 rings (SSSR count). The second kappa shape index (κ2) is 6.25. The lowest BCUT2D eigenvalue weighted by Crippen LogP contribution is -2.13. The Morgan fingerprint density at radius 1 is 1.21 bits per heavy atom. The Morgan fingerprint density at radius 3 is 2.68 bits per heavy atom. The predicted molar refractivity (Wildman–Crippen MR) is 76.5 cm³/mol. The van der Waals surface area contributed by atoms with Gasteiger partial charge in [-0.3, -0.25) is 9.78 Å². The van der Waals surface area contributed by atoms with Crippen LogP contribution in [0.5, 0.6) is 0 Å². The predicted octanol–water partition coefficient (Wildman–Crippen LogP) is 2.38. The van der Waals surface area contributed by atoms with Gasteiger partial charge < -0.3 is 5.32 Å². The third kappa shape index (κ3) is 3.26. The van der Waals surface area contributed by atoms with Crippen LogP contribution in [0.4, 0.5) is 0 Å². The van der Waals surface area contributed by atoms with Gasteiger partial charge >= 0.3 is 0 Å². The van der Waals surface area contributed by atoms with Crippen molar-refractivity contribution in [2.75, 3.05) is 13.6 Å². The third-order valence-electron chi connectivity index (χ3n) is 3.08. The van der Waals surface area contributed by atoms with Gasteiger partial charge in [-0.15, -0.1) is 0 Å². The van der Waals surface area contributed by atoms with Crippen molar-refractivity contribution < 1.29 is 4.79 Å². The molecule has 0 bridgehead atoms. The molecule has 0 saturated heterocycles. The van der Waals surface area contributed by atoms with Crippen molar-refractivity contribution in [3.63, 3.8) is 0 Å². The molecule has 0 aliphatic rings. The topological polar surface area (TPSA) is 42.0 Å². The minimum absolute atomic E-state index is 0.0409. The van der Waals surface area contributed by atoms with Crippen molar-refractivity contribution in [3.8, 4) is 0 Å². The molecule has 0 saturated carbocycles. The van der Waals surface area contributed by atoms with Crippen molar-refractivity contribution >= 4 is 5.78 Å². The first-order valence-electron chi connectivity index (χ1n) is 6.42. The number of aryl methyl sites for hydroxylation is 1. The van der Waals surface area contributed by atoms with Crippen LogP contribution in [-0.4, -0.2) is 24.4 Å². The average molecular weight is 254 g/mol. The first-order chi connectivity index (χ1) is 9.22. The number of aromatic nitrogens is 1. The lowest BCUT2D eigenvalue weighted by atomic mass is 9.97. The standard InChI is InChI=1S/C16H18N2O/c1-12-7-8-14(11-18-12)16(19)15-6-4-3-5-13(15)9-10-17-2/h3-8,11,17H,9-10H2,1-2H3. The minimum Gasteiger partial charge on any atom is -0.319 e. The van der Waals surface area contributed by atoms with E-state index in [0.29, 0.717) is 5.56 Å². The second-order valence-corrected chi connectivity index (χ2v) is 4.53. The van der Waals surface area contributed by atoms with Gasteiger partial charge in [0.05, 0.1) is 0 Å². The fourth-order valence-electron chi connectivity index (χ4n) is 1.98. The zero-order valence-corrected chi connectivity index (χ0v) is 11.3. The summed E-state index contributed by atoms with van der Waals surface area (Å²) in [7, 11) is 1.91. The van der Waals surface area contributed by atoms with Gasteiger partial charge in [0, 0.05) is 23.0 Å². The molecular weight excluding hydrogens is 236 g/mol. The summed E-state index contributed by atoms with van der Waals surface area (Å²) in [5.74, 6) is 0.0409. The van der Waals surface area contributed by atoms with Gasteiger partial charge in [0.15, 0.2) is 5.78 Å². The molecular formula is C16H18N2O. The number of ketones is 1. The highest BCUT2D eigenvalue weighted by Gasteiger charge is 2.12. The summed E-state index contributed by atoms with van der Waals surface area (Å²) in [4.78, 5) is 16.7. The lowest BCUT2D eigenvalue weighted by Gasteiger charge is -2.08. The molecule has 3 heteroatoms. The van der Waals surface area contributed by atoms with Crippen LogP contribution in [0.3, 0.4) is 0 Å². The maximum Gasteiger partial charge on any atom is 0.194 e. The van der Waals surface area contributed by atoms with Crippen LogP contribution in [0.1, 0.15) is 27.2 Å². The van der Waals surface area contributed by atoms with Gasteiger partial charge in [-0.2, -0.15) is 0 Å². The summed E-state index contributed by atoms with van der Waals surface area (Å²) >= 11 is 0. The monoisotopic (exact) mass is 254 g/mol. The first-order valence-corrected chi connectivity index (χ1v) is 6.42. The summed E-state index contributed by atoms with van der Waals surface area (Å²) in [5.41, 5.74) is 3.40. The molecule has 98 valence electrons. The molecule has 1 aromatic heterocycles. The number of hydrogen-bond donors (Lipinski definition) is 1. The van der Waals surface area contributed by atoms with E-state index in [-0.39, 0.29) is 5.78 Å². The van der Waals surface area contributed by atoms with Crippen LogP contribution in [0, 0.1) is 6.92 Å². The quantitative estimate of drug-likeness (QED) is 0.833. The third-order valence-corrected chi connectivity index (χ3v) is 3.08. The highest BCUT2D eigenvalue weighted by molar-refractivity contribution is 6.09. The SMILES string of the molecule is CNCCc1ccccc1C(=O)c1ccc(C)nc1. The van der Waals surface area contributed by atoms with Gasteiger partial charge in [-0.05, 0) is 44.6 Å². The van der Waals surface area contributed by atoms with Crippen LogP contribution in [0.15, 0.2) is 42.6 Å². The summed E-state index contributed by atoms with van der Waals surface area (Å²) in [5, 5.41) is 3.11. The lowest BCUT2D eigenvalue weighted by molar-refractivity contribution is 0.103. The number of hydrogen-bond acceptors (Lipinski definition) is 3. The molecule has 1 N–H and O–H groups in total. The van der Waals surface area contributed by atoms with E-state index < -0.39 is 0 Å². The largest absolute Gasteiger partial charge is 0.319 e. The first kappa shape index (κ1) is 13.4. The molecule has 0 amide bonds. The van der Waals surface area contributed by atoms with Gasteiger partial charge in [0.2, 0.25) is 0 Å². The van der Waals surface area contributed by atoms with Crippen LogP contribution in [0.25, 0.3) is 0 Å². The molecule has 0 aliphatic carbocycles. The average Bonchev–Trinajstić information content (AvgIpc) is 2.45. The van der Waals surface area contributed by atoms with E-state index in [1.54, 1.807) is 6.20 Å². The van der Waals surface area contributed by atoms with E-state index >= 15 is 0 Å². The number of pyridine rings is 1. The van der Waals surface area contributed by atoms with Crippen LogP contribution in [0.2, 0.25) is 0 Å². The zero-order chi connectivity index (χ0) is 13.7. The van der Waals surface area contributed by atoms with Crippen molar-refractivity contribution in [1.29, 1.82) is 0 Å². The molecule has 0 aliphatic heterocycles. The Kier molecular flexibility index (Phi) is 4.42. The van der Waals surface area contributed by atoms with Crippen molar-refractivity contribution in [3.05, 3.63) is 65.0 Å². The fraction of sp³-hybridized carbons (Fsp3) is 0.250. The number of nitrogens with one attached hydrogen (secondary N) is 1. The normalized spacial score (nSPS) is 10.4. The van der Waals surface area contributed by atoms with Crippen LogP contribution in [-0.2, 0) is 6.42 Å². The number of nitrogens with zero attached hydrogens (tertiary/aromatic N) is 1. The van der Waals surface area contributed by atoms with Crippen LogP contribution >= 0.6 is 0 Å². The number of likely N-dealkylation sites (N-methyl/N-ethyl adjacent to an activating group) is 1. The van der Waals surface area contributed by atoms with E-state index in [1.807, 2.05) is 50.4 Å². The summed E-state index contributed by atoms with van der Waals surface area (Å²) in [6, 6.07) is 11.5. The summed E-state index contributed by atoms with van der Waals surface area (Å²) in [6.45, 7) is 2.77. The Balaban J connectivity index is 2.30. The van der Waals surface area contributed by atoms with E-state index in [9.17, 15) is 4.79 Å². The highest BCUT2D eigenvalue weighted by Crippen LogP contribution is 2.15. The number of carbonyl (C=O) groups excluding carboxylic acids is 1. The molecule has 0 unspecified atom stereocenters. The zero-order valence-electron chi connectivity index (χ0n) is 11.3. The molecule has 0 spiro atoms.